The predicted octanol–water partition coefficient (Wildman–Crippen LogP) is 2.40. The van der Waals surface area contributed by atoms with Gasteiger partial charge in [0.25, 0.3) is 0 Å². The van der Waals surface area contributed by atoms with Gasteiger partial charge in [0.05, 0.1) is 28.3 Å². The molecule has 0 fully saturated rings. The molecule has 2 rings (SSSR count). The molecule has 0 spiro atoms. The van der Waals surface area contributed by atoms with Crippen LogP contribution < -0.4 is 5.73 Å². The third-order valence-electron chi connectivity index (χ3n) is 2.03. The van der Waals surface area contributed by atoms with Crippen molar-refractivity contribution in [1.29, 1.82) is 0 Å². The van der Waals surface area contributed by atoms with Crippen LogP contribution in [0.1, 0.15) is 10.6 Å². The highest BCUT2D eigenvalue weighted by molar-refractivity contribution is 7.09. The summed E-state index contributed by atoms with van der Waals surface area (Å²) in [5, 5.41) is 3.06. The van der Waals surface area contributed by atoms with Gasteiger partial charge in [0.1, 0.15) is 0 Å². The number of anilines is 1. The summed E-state index contributed by atoms with van der Waals surface area (Å²) >= 11 is 1.63. The molecular formula is C10H11N3S. The Balaban J connectivity index is 2.47. The van der Waals surface area contributed by atoms with Crippen molar-refractivity contribution in [2.24, 2.45) is 0 Å². The van der Waals surface area contributed by atoms with Crippen molar-refractivity contribution >= 4 is 17.0 Å². The molecule has 0 bridgehead atoms. The van der Waals surface area contributed by atoms with Crippen molar-refractivity contribution in [3.8, 4) is 11.4 Å². The fraction of sp³-hybridized carbons (Fsp3) is 0.200. The quantitative estimate of drug-likeness (QED) is 0.777. The highest BCUT2D eigenvalue weighted by Gasteiger charge is 2.04. The summed E-state index contributed by atoms with van der Waals surface area (Å²) in [5.41, 5.74) is 9.27. The lowest BCUT2D eigenvalue weighted by molar-refractivity contribution is 1.23. The van der Waals surface area contributed by atoms with Crippen LogP contribution in [0.15, 0.2) is 17.6 Å². The summed E-state index contributed by atoms with van der Waals surface area (Å²) in [5.74, 6) is 0. The fourth-order valence-corrected chi connectivity index (χ4v) is 1.79. The van der Waals surface area contributed by atoms with Crippen molar-refractivity contribution < 1.29 is 0 Å². The Hall–Kier alpha value is -1.42. The molecule has 0 aliphatic heterocycles. The van der Waals surface area contributed by atoms with E-state index in [-0.39, 0.29) is 0 Å². The van der Waals surface area contributed by atoms with Gasteiger partial charge in [-0.15, -0.1) is 11.3 Å². The Morgan fingerprint density at radius 3 is 2.64 bits per heavy atom. The largest absolute Gasteiger partial charge is 0.397 e. The number of aryl methyl sites for hydroxylation is 2. The number of thiazole rings is 1. The molecule has 0 aliphatic carbocycles. The third kappa shape index (κ3) is 1.61. The zero-order valence-electron chi connectivity index (χ0n) is 8.11. The molecule has 0 saturated heterocycles. The molecule has 0 unspecified atom stereocenters. The summed E-state index contributed by atoms with van der Waals surface area (Å²) in [4.78, 5) is 8.61. The molecule has 0 aliphatic rings. The number of nitrogens with zero attached hydrogens (tertiary/aromatic N) is 2. The van der Waals surface area contributed by atoms with Crippen molar-refractivity contribution in [1.82, 2.24) is 9.97 Å². The Kier molecular flexibility index (Phi) is 2.21. The monoisotopic (exact) mass is 205 g/mol. The first-order valence-electron chi connectivity index (χ1n) is 4.31. The van der Waals surface area contributed by atoms with Crippen LogP contribution in [0.4, 0.5) is 5.69 Å². The van der Waals surface area contributed by atoms with Gasteiger partial charge in [0.2, 0.25) is 0 Å². The number of rotatable bonds is 1. The van der Waals surface area contributed by atoms with E-state index in [0.29, 0.717) is 0 Å². The molecule has 0 atom stereocenters. The molecule has 4 heteroatoms. The molecule has 0 amide bonds. The molecule has 3 nitrogen and oxygen atoms in total. The molecule has 2 aromatic rings. The second-order valence-electron chi connectivity index (χ2n) is 3.18. The summed E-state index contributed by atoms with van der Waals surface area (Å²) in [6.07, 6.45) is 1.68. The van der Waals surface area contributed by atoms with Crippen molar-refractivity contribution in [2.45, 2.75) is 13.8 Å². The van der Waals surface area contributed by atoms with Gasteiger partial charge in [-0.25, -0.2) is 4.98 Å². The minimum Gasteiger partial charge on any atom is -0.397 e. The van der Waals surface area contributed by atoms with Crippen molar-refractivity contribution in [3.05, 3.63) is 28.2 Å². The number of hydrogen-bond donors (Lipinski definition) is 1. The zero-order valence-corrected chi connectivity index (χ0v) is 8.93. The predicted molar refractivity (Wildman–Crippen MR) is 59.2 cm³/mol. The standard InChI is InChI=1S/C10H11N3S/c1-6-3-9(12-4-8(6)11)10-5-14-7(2)13-10/h3-5H,11H2,1-2H3. The van der Waals surface area contributed by atoms with E-state index in [1.807, 2.05) is 25.3 Å². The van der Waals surface area contributed by atoms with Gasteiger partial charge < -0.3 is 5.73 Å². The molecule has 0 saturated carbocycles. The number of aromatic nitrogens is 2. The van der Waals surface area contributed by atoms with Gasteiger partial charge in [-0.3, -0.25) is 4.98 Å². The van der Waals surface area contributed by atoms with E-state index in [0.717, 1.165) is 27.6 Å². The number of nitrogen functional groups attached to an aromatic ring is 1. The Morgan fingerprint density at radius 2 is 2.07 bits per heavy atom. The highest BCUT2D eigenvalue weighted by Crippen LogP contribution is 2.21. The molecular weight excluding hydrogens is 194 g/mol. The number of pyridine rings is 1. The van der Waals surface area contributed by atoms with E-state index in [1.165, 1.54) is 0 Å². The first-order chi connectivity index (χ1) is 6.66. The minimum atomic E-state index is 0.723. The van der Waals surface area contributed by atoms with E-state index in [9.17, 15) is 0 Å². The number of hydrogen-bond acceptors (Lipinski definition) is 4. The maximum absolute atomic E-state index is 5.69. The summed E-state index contributed by atoms with van der Waals surface area (Å²) in [6, 6.07) is 1.96. The molecule has 2 N–H and O–H groups in total. The Bertz CT molecular complexity index is 462. The van der Waals surface area contributed by atoms with Crippen LogP contribution in [-0.4, -0.2) is 9.97 Å². The van der Waals surface area contributed by atoms with Gasteiger partial charge in [0.15, 0.2) is 0 Å². The molecule has 2 aromatic heterocycles. The molecule has 0 aromatic carbocycles. The lowest BCUT2D eigenvalue weighted by Gasteiger charge is -2.00. The third-order valence-corrected chi connectivity index (χ3v) is 2.81. The van der Waals surface area contributed by atoms with Gasteiger partial charge >= 0.3 is 0 Å². The van der Waals surface area contributed by atoms with Crippen LogP contribution in [0, 0.1) is 13.8 Å². The van der Waals surface area contributed by atoms with Crippen LogP contribution >= 0.6 is 11.3 Å². The maximum Gasteiger partial charge on any atom is 0.0998 e. The molecule has 0 radical (unpaired) electrons. The average molecular weight is 205 g/mol. The van der Waals surface area contributed by atoms with Crippen molar-refractivity contribution in [3.63, 3.8) is 0 Å². The van der Waals surface area contributed by atoms with Gasteiger partial charge in [0, 0.05) is 5.38 Å². The zero-order chi connectivity index (χ0) is 10.1. The van der Waals surface area contributed by atoms with E-state index in [2.05, 4.69) is 9.97 Å². The van der Waals surface area contributed by atoms with Crippen LogP contribution in [0.5, 0.6) is 0 Å². The lowest BCUT2D eigenvalue weighted by Crippen LogP contribution is -1.92. The average Bonchev–Trinajstić information content (AvgIpc) is 2.57. The van der Waals surface area contributed by atoms with E-state index >= 15 is 0 Å². The van der Waals surface area contributed by atoms with Crippen LogP contribution in [0.25, 0.3) is 11.4 Å². The van der Waals surface area contributed by atoms with Gasteiger partial charge in [-0.1, -0.05) is 0 Å². The smallest absolute Gasteiger partial charge is 0.0998 e. The van der Waals surface area contributed by atoms with E-state index < -0.39 is 0 Å². The fourth-order valence-electron chi connectivity index (χ4n) is 1.19. The van der Waals surface area contributed by atoms with Crippen LogP contribution in [0.3, 0.4) is 0 Å². The minimum absolute atomic E-state index is 0.723. The lowest BCUT2D eigenvalue weighted by atomic mass is 10.2. The maximum atomic E-state index is 5.69. The number of nitrogens with two attached hydrogens (primary N) is 1. The summed E-state index contributed by atoms with van der Waals surface area (Å²) in [7, 11) is 0. The van der Waals surface area contributed by atoms with E-state index in [1.54, 1.807) is 17.5 Å². The molecule has 2 heterocycles. The molecule has 72 valence electrons. The van der Waals surface area contributed by atoms with Crippen molar-refractivity contribution in [2.75, 3.05) is 5.73 Å². The topological polar surface area (TPSA) is 51.8 Å². The second-order valence-corrected chi connectivity index (χ2v) is 4.24. The second kappa shape index (κ2) is 3.38. The van der Waals surface area contributed by atoms with Gasteiger partial charge in [-0.05, 0) is 25.5 Å². The van der Waals surface area contributed by atoms with Gasteiger partial charge in [-0.2, -0.15) is 0 Å². The normalized spacial score (nSPS) is 10.4. The summed E-state index contributed by atoms with van der Waals surface area (Å²) in [6.45, 7) is 3.96. The first-order valence-corrected chi connectivity index (χ1v) is 5.19. The first kappa shape index (κ1) is 9.15. The Morgan fingerprint density at radius 1 is 1.29 bits per heavy atom. The van der Waals surface area contributed by atoms with Crippen LogP contribution in [-0.2, 0) is 0 Å². The molecule has 14 heavy (non-hydrogen) atoms. The SMILES string of the molecule is Cc1nc(-c2cc(C)c(N)cn2)cs1. The Labute approximate surface area is 86.6 Å². The van der Waals surface area contributed by atoms with Crippen LogP contribution in [0.2, 0.25) is 0 Å². The highest BCUT2D eigenvalue weighted by atomic mass is 32.1. The summed E-state index contributed by atoms with van der Waals surface area (Å²) < 4.78 is 0. The van der Waals surface area contributed by atoms with E-state index in [4.69, 9.17) is 5.73 Å².